The minimum atomic E-state index is 0.149. The number of hydrogen-bond donors (Lipinski definition) is 2. The summed E-state index contributed by atoms with van der Waals surface area (Å²) in [6.07, 6.45) is 5.35. The summed E-state index contributed by atoms with van der Waals surface area (Å²) in [4.78, 5) is 9.90. The van der Waals surface area contributed by atoms with Crippen LogP contribution in [-0.2, 0) is 0 Å². The molecule has 2 rings (SSSR count). The van der Waals surface area contributed by atoms with E-state index in [1.807, 2.05) is 0 Å². The SMILES string of the molecule is CCNC(=NCC(C)(C)N1CCCCC1)NCC1CCN(C)C1. The first kappa shape index (κ1) is 18.5. The molecule has 23 heavy (non-hydrogen) atoms. The van der Waals surface area contributed by atoms with Crippen molar-refractivity contribution in [2.45, 2.75) is 52.0 Å². The van der Waals surface area contributed by atoms with E-state index >= 15 is 0 Å². The summed E-state index contributed by atoms with van der Waals surface area (Å²) in [5, 5.41) is 6.95. The number of piperidine rings is 1. The molecule has 0 spiro atoms. The Balaban J connectivity index is 1.84. The standard InChI is InChI=1S/C18H37N5/c1-5-19-17(20-13-16-9-12-22(4)14-16)21-15-18(2,3)23-10-7-6-8-11-23/h16H,5-15H2,1-4H3,(H2,19,20,21). The maximum Gasteiger partial charge on any atom is 0.191 e. The zero-order valence-electron chi connectivity index (χ0n) is 15.7. The van der Waals surface area contributed by atoms with Gasteiger partial charge in [-0.05, 0) is 72.6 Å². The Morgan fingerprint density at radius 1 is 1.13 bits per heavy atom. The summed E-state index contributed by atoms with van der Waals surface area (Å²) < 4.78 is 0. The van der Waals surface area contributed by atoms with Gasteiger partial charge in [0.05, 0.1) is 6.54 Å². The number of aliphatic imine (C=N–C) groups is 1. The highest BCUT2D eigenvalue weighted by molar-refractivity contribution is 5.79. The first-order valence-electron chi connectivity index (χ1n) is 9.47. The molecule has 2 aliphatic heterocycles. The summed E-state index contributed by atoms with van der Waals surface area (Å²) >= 11 is 0. The average Bonchev–Trinajstić information content (AvgIpc) is 2.96. The van der Waals surface area contributed by atoms with Gasteiger partial charge in [0, 0.05) is 25.2 Å². The maximum absolute atomic E-state index is 4.88. The lowest BCUT2D eigenvalue weighted by atomic mass is 9.99. The van der Waals surface area contributed by atoms with Crippen LogP contribution in [0.5, 0.6) is 0 Å². The first-order chi connectivity index (χ1) is 11.0. The lowest BCUT2D eigenvalue weighted by molar-refractivity contribution is 0.102. The Labute approximate surface area is 142 Å². The van der Waals surface area contributed by atoms with E-state index in [1.54, 1.807) is 0 Å². The molecule has 0 radical (unpaired) electrons. The number of likely N-dealkylation sites (tertiary alicyclic amines) is 2. The van der Waals surface area contributed by atoms with Gasteiger partial charge in [-0.25, -0.2) is 0 Å². The molecule has 0 amide bonds. The van der Waals surface area contributed by atoms with Crippen LogP contribution in [0.2, 0.25) is 0 Å². The number of hydrogen-bond acceptors (Lipinski definition) is 3. The van der Waals surface area contributed by atoms with E-state index in [-0.39, 0.29) is 5.54 Å². The van der Waals surface area contributed by atoms with Gasteiger partial charge in [0.2, 0.25) is 0 Å². The van der Waals surface area contributed by atoms with Crippen LogP contribution in [0.3, 0.4) is 0 Å². The van der Waals surface area contributed by atoms with Gasteiger partial charge in [-0.15, -0.1) is 0 Å². The Morgan fingerprint density at radius 3 is 2.48 bits per heavy atom. The maximum atomic E-state index is 4.88. The lowest BCUT2D eigenvalue weighted by Gasteiger charge is -2.40. The van der Waals surface area contributed by atoms with E-state index in [2.05, 4.69) is 48.3 Å². The Kier molecular flexibility index (Phi) is 7.15. The molecular weight excluding hydrogens is 286 g/mol. The van der Waals surface area contributed by atoms with Gasteiger partial charge in [0.15, 0.2) is 5.96 Å². The Hall–Kier alpha value is -0.810. The van der Waals surface area contributed by atoms with Gasteiger partial charge in [-0.3, -0.25) is 9.89 Å². The molecular formula is C18H37N5. The Bertz CT molecular complexity index is 374. The second kappa shape index (κ2) is 8.88. The number of nitrogens with one attached hydrogen (secondary N) is 2. The summed E-state index contributed by atoms with van der Waals surface area (Å²) in [5.74, 6) is 1.73. The van der Waals surface area contributed by atoms with E-state index in [0.29, 0.717) is 0 Å². The number of rotatable bonds is 6. The predicted molar refractivity (Wildman–Crippen MR) is 99.1 cm³/mol. The van der Waals surface area contributed by atoms with Crippen molar-refractivity contribution in [2.24, 2.45) is 10.9 Å². The molecule has 0 aliphatic carbocycles. The predicted octanol–water partition coefficient (Wildman–Crippen LogP) is 1.76. The zero-order chi connectivity index (χ0) is 16.7. The van der Waals surface area contributed by atoms with E-state index in [9.17, 15) is 0 Å². The fraction of sp³-hybridized carbons (Fsp3) is 0.944. The average molecular weight is 324 g/mol. The van der Waals surface area contributed by atoms with Crippen LogP contribution in [0.15, 0.2) is 4.99 Å². The van der Waals surface area contributed by atoms with E-state index < -0.39 is 0 Å². The normalized spacial score (nSPS) is 24.9. The quantitative estimate of drug-likeness (QED) is 0.577. The molecule has 0 bridgehead atoms. The molecule has 5 heteroatoms. The van der Waals surface area contributed by atoms with Crippen LogP contribution in [-0.4, -0.2) is 74.2 Å². The van der Waals surface area contributed by atoms with E-state index in [1.165, 1.54) is 51.9 Å². The van der Waals surface area contributed by atoms with E-state index in [4.69, 9.17) is 4.99 Å². The fourth-order valence-corrected chi connectivity index (χ4v) is 3.65. The van der Waals surface area contributed by atoms with Crippen molar-refractivity contribution in [3.8, 4) is 0 Å². The lowest BCUT2D eigenvalue weighted by Crippen LogP contribution is -2.49. The largest absolute Gasteiger partial charge is 0.357 e. The van der Waals surface area contributed by atoms with Gasteiger partial charge in [0.1, 0.15) is 0 Å². The van der Waals surface area contributed by atoms with Crippen molar-refractivity contribution >= 4 is 5.96 Å². The van der Waals surface area contributed by atoms with Gasteiger partial charge >= 0.3 is 0 Å². The number of guanidine groups is 1. The minimum absolute atomic E-state index is 0.149. The molecule has 0 aromatic heterocycles. The highest BCUT2D eigenvalue weighted by Gasteiger charge is 2.27. The molecule has 2 fully saturated rings. The van der Waals surface area contributed by atoms with Gasteiger partial charge in [0.25, 0.3) is 0 Å². The van der Waals surface area contributed by atoms with Crippen molar-refractivity contribution in [1.29, 1.82) is 0 Å². The molecule has 1 unspecified atom stereocenters. The minimum Gasteiger partial charge on any atom is -0.357 e. The van der Waals surface area contributed by atoms with Gasteiger partial charge < -0.3 is 15.5 Å². The Morgan fingerprint density at radius 2 is 1.87 bits per heavy atom. The van der Waals surface area contributed by atoms with Crippen LogP contribution in [0.1, 0.15) is 46.5 Å². The fourth-order valence-electron chi connectivity index (χ4n) is 3.65. The topological polar surface area (TPSA) is 42.9 Å². The van der Waals surface area contributed by atoms with Crippen molar-refractivity contribution in [3.63, 3.8) is 0 Å². The third-order valence-electron chi connectivity index (χ3n) is 5.23. The van der Waals surface area contributed by atoms with Crippen LogP contribution in [0, 0.1) is 5.92 Å². The highest BCUT2D eigenvalue weighted by atomic mass is 15.2. The monoisotopic (exact) mass is 323 g/mol. The summed E-state index contributed by atoms with van der Waals surface area (Å²) in [6, 6.07) is 0. The molecule has 0 saturated carbocycles. The first-order valence-corrected chi connectivity index (χ1v) is 9.47. The molecule has 2 N–H and O–H groups in total. The summed E-state index contributed by atoms with van der Waals surface area (Å²) in [5.41, 5.74) is 0.149. The second-order valence-electron chi connectivity index (χ2n) is 7.85. The van der Waals surface area contributed by atoms with Crippen LogP contribution < -0.4 is 10.6 Å². The summed E-state index contributed by atoms with van der Waals surface area (Å²) in [6.45, 7) is 14.5. The van der Waals surface area contributed by atoms with Crippen molar-refractivity contribution in [3.05, 3.63) is 0 Å². The van der Waals surface area contributed by atoms with Crippen molar-refractivity contribution in [1.82, 2.24) is 20.4 Å². The molecule has 5 nitrogen and oxygen atoms in total. The highest BCUT2D eigenvalue weighted by Crippen LogP contribution is 2.20. The molecule has 2 aliphatic rings. The molecule has 2 saturated heterocycles. The second-order valence-corrected chi connectivity index (χ2v) is 7.85. The molecule has 2 heterocycles. The van der Waals surface area contributed by atoms with Crippen LogP contribution in [0.4, 0.5) is 0 Å². The summed E-state index contributed by atoms with van der Waals surface area (Å²) in [7, 11) is 2.21. The smallest absolute Gasteiger partial charge is 0.191 e. The molecule has 0 aromatic rings. The molecule has 1 atom stereocenters. The van der Waals surface area contributed by atoms with Gasteiger partial charge in [-0.1, -0.05) is 6.42 Å². The van der Waals surface area contributed by atoms with Crippen molar-refractivity contribution < 1.29 is 0 Å². The van der Waals surface area contributed by atoms with Crippen LogP contribution in [0.25, 0.3) is 0 Å². The van der Waals surface area contributed by atoms with Crippen molar-refractivity contribution in [2.75, 3.05) is 52.9 Å². The van der Waals surface area contributed by atoms with E-state index in [0.717, 1.165) is 31.5 Å². The van der Waals surface area contributed by atoms with Crippen LogP contribution >= 0.6 is 0 Å². The van der Waals surface area contributed by atoms with Gasteiger partial charge in [-0.2, -0.15) is 0 Å². The molecule has 134 valence electrons. The molecule has 0 aromatic carbocycles. The third kappa shape index (κ3) is 5.96. The zero-order valence-corrected chi connectivity index (χ0v) is 15.7. The third-order valence-corrected chi connectivity index (χ3v) is 5.23. The number of nitrogens with zero attached hydrogens (tertiary/aromatic N) is 3.